The number of aliphatic hydroxyl groups is 1. The van der Waals surface area contributed by atoms with Crippen molar-refractivity contribution in [2.75, 3.05) is 13.6 Å². The molecule has 0 saturated heterocycles. The summed E-state index contributed by atoms with van der Waals surface area (Å²) in [5, 5.41) is 16.6. The summed E-state index contributed by atoms with van der Waals surface area (Å²) in [6.45, 7) is 2.39. The first kappa shape index (κ1) is 12.1. The van der Waals surface area contributed by atoms with E-state index in [9.17, 15) is 9.90 Å². The third-order valence-electron chi connectivity index (χ3n) is 3.20. The van der Waals surface area contributed by atoms with Crippen molar-refractivity contribution in [3.8, 4) is 0 Å². The second-order valence-electron chi connectivity index (χ2n) is 4.72. The van der Waals surface area contributed by atoms with Gasteiger partial charge in [-0.2, -0.15) is 5.10 Å². The molecule has 1 saturated carbocycles. The predicted molar refractivity (Wildman–Crippen MR) is 63.7 cm³/mol. The summed E-state index contributed by atoms with van der Waals surface area (Å²) in [4.78, 5) is 13.5. The largest absolute Gasteiger partial charge is 0.391 e. The Bertz CT molecular complexity index is 398. The van der Waals surface area contributed by atoms with Gasteiger partial charge in [0, 0.05) is 19.3 Å². The molecule has 1 unspecified atom stereocenters. The first-order chi connectivity index (χ1) is 8.11. The van der Waals surface area contributed by atoms with Crippen molar-refractivity contribution < 1.29 is 9.90 Å². The molecule has 1 aromatic rings. The molecule has 5 heteroatoms. The molecule has 0 spiro atoms. The van der Waals surface area contributed by atoms with Crippen LogP contribution in [0.3, 0.4) is 0 Å². The number of hydrogen-bond acceptors (Lipinski definition) is 3. The molecule has 1 atom stereocenters. The van der Waals surface area contributed by atoms with Crippen LogP contribution in [0.15, 0.2) is 6.07 Å². The average molecular weight is 237 g/mol. The summed E-state index contributed by atoms with van der Waals surface area (Å²) in [5.41, 5.74) is 1.37. The highest BCUT2D eigenvalue weighted by Gasteiger charge is 2.31. The smallest absolute Gasteiger partial charge is 0.274 e. The molecule has 17 heavy (non-hydrogen) atoms. The number of amides is 1. The number of H-pyrrole nitrogens is 1. The molecule has 1 aliphatic rings. The molecule has 1 heterocycles. The van der Waals surface area contributed by atoms with Gasteiger partial charge in [-0.3, -0.25) is 9.89 Å². The number of likely N-dealkylation sites (N-methyl/N-ethyl adjacent to an activating group) is 1. The topological polar surface area (TPSA) is 69.2 Å². The SMILES string of the molecule is CCc1cc(C(=O)N(C)CC(O)C2CC2)n[nH]1. The van der Waals surface area contributed by atoms with Crippen LogP contribution in [0, 0.1) is 5.92 Å². The molecule has 1 fully saturated rings. The van der Waals surface area contributed by atoms with Crippen LogP contribution in [0.4, 0.5) is 0 Å². The van der Waals surface area contributed by atoms with Gasteiger partial charge in [-0.1, -0.05) is 6.92 Å². The summed E-state index contributed by atoms with van der Waals surface area (Å²) >= 11 is 0. The predicted octanol–water partition coefficient (Wildman–Crippen LogP) is 0.815. The number of nitrogens with one attached hydrogen (secondary N) is 1. The molecule has 0 radical (unpaired) electrons. The molecule has 2 N–H and O–H groups in total. The Morgan fingerprint density at radius 3 is 2.94 bits per heavy atom. The molecule has 94 valence electrons. The van der Waals surface area contributed by atoms with Crippen LogP contribution < -0.4 is 0 Å². The Balaban J connectivity index is 1.93. The summed E-state index contributed by atoms with van der Waals surface area (Å²) in [6, 6.07) is 1.77. The van der Waals surface area contributed by atoms with Crippen LogP contribution in [-0.2, 0) is 6.42 Å². The number of carbonyl (C=O) groups excluding carboxylic acids is 1. The summed E-state index contributed by atoms with van der Waals surface area (Å²) in [6.07, 6.45) is 2.58. The third kappa shape index (κ3) is 2.85. The van der Waals surface area contributed by atoms with E-state index < -0.39 is 6.10 Å². The van der Waals surface area contributed by atoms with Crippen molar-refractivity contribution in [2.24, 2.45) is 5.92 Å². The molecule has 0 aliphatic heterocycles. The highest BCUT2D eigenvalue weighted by molar-refractivity contribution is 5.92. The molecule has 5 nitrogen and oxygen atoms in total. The molecular weight excluding hydrogens is 218 g/mol. The molecule has 0 aromatic carbocycles. The van der Waals surface area contributed by atoms with Crippen LogP contribution in [0.25, 0.3) is 0 Å². The van der Waals surface area contributed by atoms with E-state index >= 15 is 0 Å². The lowest BCUT2D eigenvalue weighted by atomic mass is 10.2. The highest BCUT2D eigenvalue weighted by atomic mass is 16.3. The molecule has 2 rings (SSSR count). The van der Waals surface area contributed by atoms with E-state index in [1.165, 1.54) is 0 Å². The van der Waals surface area contributed by atoms with Crippen LogP contribution in [0.5, 0.6) is 0 Å². The number of aromatic amines is 1. The van der Waals surface area contributed by atoms with Crippen molar-refractivity contribution >= 4 is 5.91 Å². The van der Waals surface area contributed by atoms with Gasteiger partial charge in [0.15, 0.2) is 0 Å². The Morgan fingerprint density at radius 1 is 1.71 bits per heavy atom. The van der Waals surface area contributed by atoms with Crippen molar-refractivity contribution in [1.82, 2.24) is 15.1 Å². The van der Waals surface area contributed by atoms with E-state index in [2.05, 4.69) is 10.2 Å². The summed E-state index contributed by atoms with van der Waals surface area (Å²) in [5.74, 6) is 0.247. The first-order valence-corrected chi connectivity index (χ1v) is 6.09. The second-order valence-corrected chi connectivity index (χ2v) is 4.72. The maximum atomic E-state index is 12.0. The maximum Gasteiger partial charge on any atom is 0.274 e. The van der Waals surface area contributed by atoms with E-state index in [0.29, 0.717) is 18.2 Å². The maximum absolute atomic E-state index is 12.0. The van der Waals surface area contributed by atoms with E-state index in [4.69, 9.17) is 0 Å². The average Bonchev–Trinajstić information content (AvgIpc) is 3.06. The number of hydrogen-bond donors (Lipinski definition) is 2. The fraction of sp³-hybridized carbons (Fsp3) is 0.667. The molecule has 1 aliphatic carbocycles. The number of aliphatic hydroxyl groups excluding tert-OH is 1. The lowest BCUT2D eigenvalue weighted by Gasteiger charge is -2.19. The van der Waals surface area contributed by atoms with Gasteiger partial charge >= 0.3 is 0 Å². The van der Waals surface area contributed by atoms with Crippen molar-refractivity contribution in [2.45, 2.75) is 32.3 Å². The van der Waals surface area contributed by atoms with Crippen LogP contribution in [0.2, 0.25) is 0 Å². The fourth-order valence-electron chi connectivity index (χ4n) is 1.84. The molecular formula is C12H19N3O2. The zero-order valence-electron chi connectivity index (χ0n) is 10.3. The number of carbonyl (C=O) groups is 1. The Morgan fingerprint density at radius 2 is 2.41 bits per heavy atom. The second kappa shape index (κ2) is 4.87. The van der Waals surface area contributed by atoms with Gasteiger partial charge in [0.25, 0.3) is 5.91 Å². The normalized spacial score (nSPS) is 16.9. The monoisotopic (exact) mass is 237 g/mol. The van der Waals surface area contributed by atoms with Crippen molar-refractivity contribution in [1.29, 1.82) is 0 Å². The van der Waals surface area contributed by atoms with Gasteiger partial charge in [-0.25, -0.2) is 0 Å². The van der Waals surface area contributed by atoms with Crippen LogP contribution >= 0.6 is 0 Å². The van der Waals surface area contributed by atoms with Gasteiger partial charge in [-0.05, 0) is 31.2 Å². The minimum Gasteiger partial charge on any atom is -0.391 e. The zero-order chi connectivity index (χ0) is 12.4. The third-order valence-corrected chi connectivity index (χ3v) is 3.20. The van der Waals surface area contributed by atoms with E-state index in [1.807, 2.05) is 6.92 Å². The standard InChI is InChI=1S/C12H19N3O2/c1-3-9-6-10(14-13-9)12(17)15(2)7-11(16)8-4-5-8/h6,8,11,16H,3-5,7H2,1-2H3,(H,13,14). The van der Waals surface area contributed by atoms with Gasteiger partial charge in [0.1, 0.15) is 5.69 Å². The van der Waals surface area contributed by atoms with E-state index in [0.717, 1.165) is 25.0 Å². The minimum atomic E-state index is -0.395. The number of nitrogens with zero attached hydrogens (tertiary/aromatic N) is 2. The quantitative estimate of drug-likeness (QED) is 0.796. The van der Waals surface area contributed by atoms with Crippen molar-refractivity contribution in [3.05, 3.63) is 17.5 Å². The number of aryl methyl sites for hydroxylation is 1. The number of aromatic nitrogens is 2. The van der Waals surface area contributed by atoms with Gasteiger partial charge < -0.3 is 10.0 Å². The summed E-state index contributed by atoms with van der Waals surface area (Å²) in [7, 11) is 1.70. The molecule has 1 amide bonds. The van der Waals surface area contributed by atoms with Gasteiger partial charge in [0.2, 0.25) is 0 Å². The highest BCUT2D eigenvalue weighted by Crippen LogP contribution is 2.32. The van der Waals surface area contributed by atoms with Crippen molar-refractivity contribution in [3.63, 3.8) is 0 Å². The first-order valence-electron chi connectivity index (χ1n) is 6.09. The Kier molecular flexibility index (Phi) is 3.47. The lowest BCUT2D eigenvalue weighted by molar-refractivity contribution is 0.0640. The van der Waals surface area contributed by atoms with E-state index in [1.54, 1.807) is 18.0 Å². The Hall–Kier alpha value is -1.36. The molecule has 0 bridgehead atoms. The van der Waals surface area contributed by atoms with Gasteiger partial charge in [0.05, 0.1) is 6.10 Å². The molecule has 1 aromatic heterocycles. The number of rotatable bonds is 5. The van der Waals surface area contributed by atoms with Gasteiger partial charge in [-0.15, -0.1) is 0 Å². The Labute approximate surface area is 101 Å². The fourth-order valence-corrected chi connectivity index (χ4v) is 1.84. The van der Waals surface area contributed by atoms with Crippen LogP contribution in [-0.4, -0.2) is 45.8 Å². The lowest BCUT2D eigenvalue weighted by Crippen LogP contribution is -2.35. The van der Waals surface area contributed by atoms with Crippen LogP contribution in [0.1, 0.15) is 35.9 Å². The minimum absolute atomic E-state index is 0.138. The zero-order valence-corrected chi connectivity index (χ0v) is 10.3. The van der Waals surface area contributed by atoms with E-state index in [-0.39, 0.29) is 5.91 Å². The summed E-state index contributed by atoms with van der Waals surface area (Å²) < 4.78 is 0.